The van der Waals surface area contributed by atoms with E-state index in [4.69, 9.17) is 10.5 Å². The maximum atomic E-state index is 9.47. The van der Waals surface area contributed by atoms with Crippen molar-refractivity contribution in [3.8, 4) is 5.75 Å². The SMILES string of the molecule is C=CCN(O)c1ccc(OC)c(N)c1. The number of hydrogen-bond donors (Lipinski definition) is 2. The molecule has 1 rings (SSSR count). The predicted octanol–water partition coefficient (Wildman–Crippen LogP) is 1.66. The smallest absolute Gasteiger partial charge is 0.141 e. The summed E-state index contributed by atoms with van der Waals surface area (Å²) in [6.45, 7) is 3.88. The fourth-order valence-electron chi connectivity index (χ4n) is 1.11. The van der Waals surface area contributed by atoms with Crippen molar-refractivity contribution in [1.29, 1.82) is 0 Å². The molecule has 1 aromatic rings. The van der Waals surface area contributed by atoms with Crippen LogP contribution in [0, 0.1) is 0 Å². The van der Waals surface area contributed by atoms with Gasteiger partial charge in [-0.3, -0.25) is 10.3 Å². The number of nitrogens with two attached hydrogens (primary N) is 1. The zero-order valence-electron chi connectivity index (χ0n) is 8.10. The molecular formula is C10H14N2O2. The largest absolute Gasteiger partial charge is 0.495 e. The second-order valence-corrected chi connectivity index (χ2v) is 2.80. The van der Waals surface area contributed by atoms with Gasteiger partial charge >= 0.3 is 0 Å². The summed E-state index contributed by atoms with van der Waals surface area (Å²) >= 11 is 0. The standard InChI is InChI=1S/C10H14N2O2/c1-3-6-12(13)8-4-5-10(14-2)9(11)7-8/h3-5,7,13H,1,6,11H2,2H3. The monoisotopic (exact) mass is 194 g/mol. The average Bonchev–Trinajstić information content (AvgIpc) is 2.18. The minimum absolute atomic E-state index is 0.353. The topological polar surface area (TPSA) is 58.7 Å². The second-order valence-electron chi connectivity index (χ2n) is 2.80. The fraction of sp³-hybridized carbons (Fsp3) is 0.200. The summed E-state index contributed by atoms with van der Waals surface area (Å²) < 4.78 is 4.99. The van der Waals surface area contributed by atoms with Crippen molar-refractivity contribution in [3.05, 3.63) is 30.9 Å². The van der Waals surface area contributed by atoms with Crippen molar-refractivity contribution in [3.63, 3.8) is 0 Å². The van der Waals surface area contributed by atoms with Crippen LogP contribution in [-0.4, -0.2) is 18.9 Å². The van der Waals surface area contributed by atoms with E-state index in [1.165, 1.54) is 0 Å². The molecule has 76 valence electrons. The highest BCUT2D eigenvalue weighted by atomic mass is 16.5. The van der Waals surface area contributed by atoms with E-state index in [1.807, 2.05) is 0 Å². The van der Waals surface area contributed by atoms with Crippen LogP contribution in [0.5, 0.6) is 5.75 Å². The number of ether oxygens (including phenoxy) is 1. The Hall–Kier alpha value is -1.68. The molecule has 0 unspecified atom stereocenters. The molecule has 4 nitrogen and oxygen atoms in total. The Kier molecular flexibility index (Phi) is 3.36. The van der Waals surface area contributed by atoms with Gasteiger partial charge < -0.3 is 10.5 Å². The molecule has 14 heavy (non-hydrogen) atoms. The number of nitrogens with zero attached hydrogens (tertiary/aromatic N) is 1. The number of nitrogen functional groups attached to an aromatic ring is 1. The molecule has 4 heteroatoms. The van der Waals surface area contributed by atoms with Gasteiger partial charge in [-0.1, -0.05) is 6.08 Å². The number of anilines is 2. The van der Waals surface area contributed by atoms with Gasteiger partial charge in [0.25, 0.3) is 0 Å². The van der Waals surface area contributed by atoms with Crippen molar-refractivity contribution in [2.75, 3.05) is 24.5 Å². The van der Waals surface area contributed by atoms with Gasteiger partial charge in [0.05, 0.1) is 25.0 Å². The number of rotatable bonds is 4. The van der Waals surface area contributed by atoms with Gasteiger partial charge in [-0.25, -0.2) is 0 Å². The maximum absolute atomic E-state index is 9.47. The number of hydrogen-bond acceptors (Lipinski definition) is 4. The van der Waals surface area contributed by atoms with E-state index in [9.17, 15) is 5.21 Å². The Morgan fingerprint density at radius 1 is 1.64 bits per heavy atom. The summed E-state index contributed by atoms with van der Waals surface area (Å²) in [7, 11) is 1.55. The van der Waals surface area contributed by atoms with Gasteiger partial charge in [0.15, 0.2) is 0 Å². The van der Waals surface area contributed by atoms with E-state index in [0.29, 0.717) is 23.7 Å². The molecule has 0 atom stereocenters. The quantitative estimate of drug-likeness (QED) is 0.435. The van der Waals surface area contributed by atoms with Gasteiger partial charge in [-0.2, -0.15) is 0 Å². The van der Waals surface area contributed by atoms with Crippen LogP contribution >= 0.6 is 0 Å². The van der Waals surface area contributed by atoms with Gasteiger partial charge in [0, 0.05) is 0 Å². The first-order chi connectivity index (χ1) is 6.69. The zero-order chi connectivity index (χ0) is 10.6. The van der Waals surface area contributed by atoms with Crippen molar-refractivity contribution < 1.29 is 9.94 Å². The first-order valence-corrected chi connectivity index (χ1v) is 4.20. The lowest BCUT2D eigenvalue weighted by Crippen LogP contribution is -2.17. The van der Waals surface area contributed by atoms with Crippen molar-refractivity contribution in [2.24, 2.45) is 0 Å². The molecule has 0 heterocycles. The van der Waals surface area contributed by atoms with Crippen molar-refractivity contribution >= 4 is 11.4 Å². The summed E-state index contributed by atoms with van der Waals surface area (Å²) in [5, 5.41) is 10.5. The van der Waals surface area contributed by atoms with Crippen molar-refractivity contribution in [2.45, 2.75) is 0 Å². The van der Waals surface area contributed by atoms with Crippen LogP contribution in [0.15, 0.2) is 30.9 Å². The Morgan fingerprint density at radius 3 is 2.86 bits per heavy atom. The first-order valence-electron chi connectivity index (χ1n) is 4.20. The van der Waals surface area contributed by atoms with Crippen LogP contribution in [0.1, 0.15) is 0 Å². The molecule has 0 bridgehead atoms. The van der Waals surface area contributed by atoms with Gasteiger partial charge in [-0.05, 0) is 18.2 Å². The molecule has 0 amide bonds. The van der Waals surface area contributed by atoms with E-state index in [1.54, 1.807) is 31.4 Å². The molecular weight excluding hydrogens is 180 g/mol. The van der Waals surface area contributed by atoms with Gasteiger partial charge in [0.2, 0.25) is 0 Å². The Morgan fingerprint density at radius 2 is 2.36 bits per heavy atom. The van der Waals surface area contributed by atoms with E-state index >= 15 is 0 Å². The summed E-state index contributed by atoms with van der Waals surface area (Å²) in [5.74, 6) is 0.598. The fourth-order valence-corrected chi connectivity index (χ4v) is 1.11. The molecule has 0 spiro atoms. The molecule has 3 N–H and O–H groups in total. The third kappa shape index (κ3) is 2.17. The van der Waals surface area contributed by atoms with E-state index in [2.05, 4.69) is 6.58 Å². The first kappa shape index (κ1) is 10.4. The molecule has 1 aromatic carbocycles. The Bertz CT molecular complexity index is 326. The number of benzene rings is 1. The molecule has 0 aliphatic heterocycles. The minimum atomic E-state index is 0.353. The molecule has 0 aliphatic rings. The highest BCUT2D eigenvalue weighted by Gasteiger charge is 2.04. The lowest BCUT2D eigenvalue weighted by Gasteiger charge is -2.15. The molecule has 0 aliphatic carbocycles. The highest BCUT2D eigenvalue weighted by Crippen LogP contribution is 2.26. The van der Waals surface area contributed by atoms with Crippen LogP contribution in [0.2, 0.25) is 0 Å². The summed E-state index contributed by atoms with van der Waals surface area (Å²) in [5.41, 5.74) is 6.78. The van der Waals surface area contributed by atoms with Gasteiger partial charge in [0.1, 0.15) is 5.75 Å². The van der Waals surface area contributed by atoms with Crippen LogP contribution in [0.4, 0.5) is 11.4 Å². The van der Waals surface area contributed by atoms with E-state index in [-0.39, 0.29) is 0 Å². The second kappa shape index (κ2) is 4.53. The van der Waals surface area contributed by atoms with Gasteiger partial charge in [-0.15, -0.1) is 6.58 Å². The number of methoxy groups -OCH3 is 1. The summed E-state index contributed by atoms with van der Waals surface area (Å²) in [6.07, 6.45) is 1.60. The zero-order valence-corrected chi connectivity index (χ0v) is 8.10. The van der Waals surface area contributed by atoms with Crippen molar-refractivity contribution in [1.82, 2.24) is 0 Å². The minimum Gasteiger partial charge on any atom is -0.495 e. The lowest BCUT2D eigenvalue weighted by atomic mass is 10.2. The lowest BCUT2D eigenvalue weighted by molar-refractivity contribution is 0.266. The van der Waals surface area contributed by atoms with E-state index in [0.717, 1.165) is 5.06 Å². The predicted molar refractivity (Wildman–Crippen MR) is 56.7 cm³/mol. The van der Waals surface area contributed by atoms with Crippen LogP contribution < -0.4 is 15.5 Å². The summed E-state index contributed by atoms with van der Waals surface area (Å²) in [6, 6.07) is 5.07. The Balaban J connectivity index is 2.90. The molecule has 0 saturated heterocycles. The van der Waals surface area contributed by atoms with E-state index < -0.39 is 0 Å². The normalized spacial score (nSPS) is 9.57. The average molecular weight is 194 g/mol. The molecule has 0 aromatic heterocycles. The van der Waals surface area contributed by atoms with Crippen LogP contribution in [0.3, 0.4) is 0 Å². The number of hydroxylamine groups is 1. The maximum Gasteiger partial charge on any atom is 0.141 e. The van der Waals surface area contributed by atoms with Crippen LogP contribution in [0.25, 0.3) is 0 Å². The Labute approximate surface area is 83.2 Å². The third-order valence-electron chi connectivity index (χ3n) is 1.81. The van der Waals surface area contributed by atoms with Crippen LogP contribution in [-0.2, 0) is 0 Å². The highest BCUT2D eigenvalue weighted by molar-refractivity contribution is 5.62. The summed E-state index contributed by atoms with van der Waals surface area (Å²) in [4.78, 5) is 0. The molecule has 0 fully saturated rings. The third-order valence-corrected chi connectivity index (χ3v) is 1.81. The molecule has 0 saturated carbocycles. The molecule has 0 radical (unpaired) electrons.